The predicted molar refractivity (Wildman–Crippen MR) is 80.5 cm³/mol. The van der Waals surface area contributed by atoms with Gasteiger partial charge in [-0.25, -0.2) is 0 Å². The summed E-state index contributed by atoms with van der Waals surface area (Å²) in [6, 6.07) is 10.3. The molecule has 0 heterocycles. The number of nitro benzene ring substituents is 1. The Hall–Kier alpha value is -1.40. The standard InChI is InChI=1S/C13H9Br2NO3/c1-19-13-7-9(15)3-5-11(13)10-4-2-8(14)6-12(10)16(17)18/h2-7H,1H3. The molecule has 2 aromatic carbocycles. The number of nitro groups is 1. The number of hydrogen-bond donors (Lipinski definition) is 0. The van der Waals surface area contributed by atoms with Gasteiger partial charge in [0.1, 0.15) is 5.75 Å². The SMILES string of the molecule is COc1cc(Br)ccc1-c1ccc(Br)cc1[N+](=O)[O-]. The number of benzene rings is 2. The highest BCUT2D eigenvalue weighted by Crippen LogP contribution is 2.38. The van der Waals surface area contributed by atoms with E-state index in [2.05, 4.69) is 31.9 Å². The molecule has 0 fully saturated rings. The predicted octanol–water partition coefficient (Wildman–Crippen LogP) is 4.80. The van der Waals surface area contributed by atoms with Crippen LogP contribution in [0.5, 0.6) is 5.75 Å². The average Bonchev–Trinajstić information content (AvgIpc) is 2.38. The summed E-state index contributed by atoms with van der Waals surface area (Å²) in [5, 5.41) is 11.1. The summed E-state index contributed by atoms with van der Waals surface area (Å²) in [7, 11) is 1.54. The van der Waals surface area contributed by atoms with Crippen LogP contribution in [0.25, 0.3) is 11.1 Å². The van der Waals surface area contributed by atoms with Gasteiger partial charge in [-0.05, 0) is 30.3 Å². The van der Waals surface area contributed by atoms with E-state index in [4.69, 9.17) is 4.74 Å². The van der Waals surface area contributed by atoms with Crippen LogP contribution in [-0.4, -0.2) is 12.0 Å². The smallest absolute Gasteiger partial charge is 0.278 e. The highest BCUT2D eigenvalue weighted by atomic mass is 79.9. The Bertz CT molecular complexity index is 644. The first kappa shape index (κ1) is 14.0. The summed E-state index contributed by atoms with van der Waals surface area (Å²) in [5.74, 6) is 0.583. The van der Waals surface area contributed by atoms with Crippen LogP contribution in [0.3, 0.4) is 0 Å². The molecular formula is C13H9Br2NO3. The molecule has 2 aromatic rings. The quantitative estimate of drug-likeness (QED) is 0.562. The molecule has 0 bridgehead atoms. The first-order valence-electron chi connectivity index (χ1n) is 5.31. The molecule has 2 rings (SSSR count). The van der Waals surface area contributed by atoms with E-state index in [1.54, 1.807) is 24.3 Å². The van der Waals surface area contributed by atoms with Crippen molar-refractivity contribution in [2.45, 2.75) is 0 Å². The van der Waals surface area contributed by atoms with Gasteiger partial charge < -0.3 is 4.74 Å². The van der Waals surface area contributed by atoms with E-state index < -0.39 is 4.92 Å². The van der Waals surface area contributed by atoms with Crippen molar-refractivity contribution in [2.75, 3.05) is 7.11 Å². The number of nitrogens with zero attached hydrogens (tertiary/aromatic N) is 1. The van der Waals surface area contributed by atoms with E-state index in [9.17, 15) is 10.1 Å². The number of hydrogen-bond acceptors (Lipinski definition) is 3. The van der Waals surface area contributed by atoms with Crippen molar-refractivity contribution in [1.82, 2.24) is 0 Å². The first-order chi connectivity index (χ1) is 9.02. The van der Waals surface area contributed by atoms with Gasteiger partial charge in [0.2, 0.25) is 0 Å². The minimum atomic E-state index is -0.401. The third kappa shape index (κ3) is 2.96. The molecule has 0 spiro atoms. The molecule has 0 unspecified atom stereocenters. The monoisotopic (exact) mass is 385 g/mol. The van der Waals surface area contributed by atoms with Crippen LogP contribution in [0, 0.1) is 10.1 Å². The molecule has 98 valence electrons. The molecule has 0 aliphatic rings. The Morgan fingerprint density at radius 1 is 1.05 bits per heavy atom. The highest BCUT2D eigenvalue weighted by molar-refractivity contribution is 9.10. The zero-order valence-electron chi connectivity index (χ0n) is 9.89. The van der Waals surface area contributed by atoms with E-state index in [0.717, 1.165) is 4.47 Å². The lowest BCUT2D eigenvalue weighted by Crippen LogP contribution is -1.94. The minimum Gasteiger partial charge on any atom is -0.496 e. The largest absolute Gasteiger partial charge is 0.496 e. The zero-order valence-corrected chi connectivity index (χ0v) is 13.1. The van der Waals surface area contributed by atoms with Crippen molar-refractivity contribution >= 4 is 37.5 Å². The van der Waals surface area contributed by atoms with E-state index in [1.165, 1.54) is 13.2 Å². The van der Waals surface area contributed by atoms with Crippen LogP contribution in [0.2, 0.25) is 0 Å². The van der Waals surface area contributed by atoms with Gasteiger partial charge in [-0.2, -0.15) is 0 Å². The number of ether oxygens (including phenoxy) is 1. The van der Waals surface area contributed by atoms with Crippen LogP contribution < -0.4 is 4.74 Å². The number of rotatable bonds is 3. The van der Waals surface area contributed by atoms with Gasteiger partial charge in [0.15, 0.2) is 0 Å². The molecular weight excluding hydrogens is 378 g/mol. The Kier molecular flexibility index (Phi) is 4.21. The number of methoxy groups -OCH3 is 1. The van der Waals surface area contributed by atoms with Crippen molar-refractivity contribution in [3.05, 3.63) is 55.5 Å². The molecule has 0 amide bonds. The zero-order chi connectivity index (χ0) is 14.0. The Labute approximate surface area is 126 Å². The Morgan fingerprint density at radius 3 is 2.21 bits per heavy atom. The summed E-state index contributed by atoms with van der Waals surface area (Å²) in [6.45, 7) is 0. The second kappa shape index (κ2) is 5.71. The Morgan fingerprint density at radius 2 is 1.63 bits per heavy atom. The van der Waals surface area contributed by atoms with Gasteiger partial charge in [-0.3, -0.25) is 10.1 Å². The second-order valence-electron chi connectivity index (χ2n) is 3.76. The van der Waals surface area contributed by atoms with Gasteiger partial charge in [-0.1, -0.05) is 31.9 Å². The van der Waals surface area contributed by atoms with Crippen LogP contribution >= 0.6 is 31.9 Å². The molecule has 0 aliphatic carbocycles. The van der Waals surface area contributed by atoms with E-state index in [0.29, 0.717) is 21.3 Å². The fraction of sp³-hybridized carbons (Fsp3) is 0.0769. The molecule has 0 radical (unpaired) electrons. The van der Waals surface area contributed by atoms with Gasteiger partial charge in [0.25, 0.3) is 5.69 Å². The fourth-order valence-electron chi connectivity index (χ4n) is 1.77. The molecule has 0 aromatic heterocycles. The van der Waals surface area contributed by atoms with Crippen LogP contribution in [0.1, 0.15) is 0 Å². The maximum absolute atomic E-state index is 11.1. The third-order valence-corrected chi connectivity index (χ3v) is 3.60. The van der Waals surface area contributed by atoms with Crippen molar-refractivity contribution in [3.8, 4) is 16.9 Å². The molecule has 19 heavy (non-hydrogen) atoms. The third-order valence-electron chi connectivity index (χ3n) is 2.61. The van der Waals surface area contributed by atoms with Gasteiger partial charge in [0.05, 0.1) is 17.6 Å². The number of halogens is 2. The van der Waals surface area contributed by atoms with E-state index in [1.807, 2.05) is 6.07 Å². The molecule has 6 heteroatoms. The van der Waals surface area contributed by atoms with Crippen molar-refractivity contribution in [2.24, 2.45) is 0 Å². The minimum absolute atomic E-state index is 0.0370. The normalized spacial score (nSPS) is 10.3. The first-order valence-corrected chi connectivity index (χ1v) is 6.89. The van der Waals surface area contributed by atoms with Crippen molar-refractivity contribution < 1.29 is 9.66 Å². The topological polar surface area (TPSA) is 52.4 Å². The maximum Gasteiger partial charge on any atom is 0.278 e. The van der Waals surface area contributed by atoms with E-state index in [-0.39, 0.29) is 5.69 Å². The summed E-state index contributed by atoms with van der Waals surface area (Å²) < 4.78 is 6.80. The lowest BCUT2D eigenvalue weighted by molar-refractivity contribution is -0.384. The summed E-state index contributed by atoms with van der Waals surface area (Å²) >= 11 is 6.59. The van der Waals surface area contributed by atoms with Crippen molar-refractivity contribution in [3.63, 3.8) is 0 Å². The van der Waals surface area contributed by atoms with E-state index >= 15 is 0 Å². The second-order valence-corrected chi connectivity index (χ2v) is 5.59. The van der Waals surface area contributed by atoms with Gasteiger partial charge >= 0.3 is 0 Å². The molecule has 0 atom stereocenters. The molecule has 0 aliphatic heterocycles. The fourth-order valence-corrected chi connectivity index (χ4v) is 2.46. The van der Waals surface area contributed by atoms with Gasteiger partial charge in [-0.15, -0.1) is 0 Å². The summed E-state index contributed by atoms with van der Waals surface area (Å²) in [4.78, 5) is 10.7. The van der Waals surface area contributed by atoms with Crippen LogP contribution in [-0.2, 0) is 0 Å². The highest BCUT2D eigenvalue weighted by Gasteiger charge is 2.18. The van der Waals surface area contributed by atoms with Gasteiger partial charge in [0, 0.05) is 20.6 Å². The van der Waals surface area contributed by atoms with Crippen molar-refractivity contribution in [1.29, 1.82) is 0 Å². The average molecular weight is 387 g/mol. The summed E-state index contributed by atoms with van der Waals surface area (Å²) in [6.07, 6.45) is 0. The molecule has 0 saturated carbocycles. The summed E-state index contributed by atoms with van der Waals surface area (Å²) in [5.41, 5.74) is 1.25. The Balaban J connectivity index is 2.68. The van der Waals surface area contributed by atoms with Crippen LogP contribution in [0.4, 0.5) is 5.69 Å². The molecule has 0 N–H and O–H groups in total. The lowest BCUT2D eigenvalue weighted by atomic mass is 10.0. The lowest BCUT2D eigenvalue weighted by Gasteiger charge is -2.09. The maximum atomic E-state index is 11.1. The molecule has 4 nitrogen and oxygen atoms in total. The van der Waals surface area contributed by atoms with Crippen LogP contribution in [0.15, 0.2) is 45.3 Å². The molecule has 0 saturated heterocycles.